The molecule has 0 saturated carbocycles. The van der Waals surface area contributed by atoms with Crippen LogP contribution in [0.2, 0.25) is 0 Å². The van der Waals surface area contributed by atoms with Gasteiger partial charge in [0.15, 0.2) is 11.6 Å². The van der Waals surface area contributed by atoms with Gasteiger partial charge in [-0.05, 0) is 26.7 Å². The average Bonchev–Trinajstić information content (AvgIpc) is 2.60. The minimum absolute atomic E-state index is 0.160. The molecule has 0 fully saturated rings. The van der Waals surface area contributed by atoms with Gasteiger partial charge in [-0.3, -0.25) is 4.79 Å². The van der Waals surface area contributed by atoms with Crippen molar-refractivity contribution in [3.8, 4) is 0 Å². The summed E-state index contributed by atoms with van der Waals surface area (Å²) < 4.78 is 0. The van der Waals surface area contributed by atoms with Crippen LogP contribution in [0.3, 0.4) is 0 Å². The number of nitrogens with one attached hydrogen (secondary N) is 1. The molecule has 6 nitrogen and oxygen atoms in total. The molecule has 0 spiro atoms. The molecule has 0 aromatic carbocycles. The van der Waals surface area contributed by atoms with E-state index in [4.69, 9.17) is 0 Å². The van der Waals surface area contributed by atoms with Crippen molar-refractivity contribution in [2.75, 3.05) is 34.8 Å². The molecule has 24 heavy (non-hydrogen) atoms. The second kappa shape index (κ2) is 8.85. The Morgan fingerprint density at radius 2 is 1.83 bits per heavy atom. The standard InChI is InChI=1S/C18H31N5O/c1-5-9-11-14-18(24)23(12-10-6-2)15-16(21-14)19-13-20-17(15)22(7-3)8-4/h13-14H,5-12H2,1-4H3,(H,19,20,21)/t14-/m0/s1. The third kappa shape index (κ3) is 3.79. The van der Waals surface area contributed by atoms with Gasteiger partial charge in [0.05, 0.1) is 0 Å². The first-order chi connectivity index (χ1) is 11.7. The Hall–Kier alpha value is -1.85. The van der Waals surface area contributed by atoms with Gasteiger partial charge >= 0.3 is 0 Å². The Labute approximate surface area is 145 Å². The molecule has 1 aromatic rings. The zero-order chi connectivity index (χ0) is 17.5. The van der Waals surface area contributed by atoms with Crippen LogP contribution in [0.5, 0.6) is 0 Å². The van der Waals surface area contributed by atoms with Crippen molar-refractivity contribution in [3.63, 3.8) is 0 Å². The molecule has 1 aromatic heterocycles. The number of anilines is 3. The van der Waals surface area contributed by atoms with E-state index in [-0.39, 0.29) is 11.9 Å². The average molecular weight is 333 g/mol. The Morgan fingerprint density at radius 3 is 2.46 bits per heavy atom. The number of carbonyl (C=O) groups excluding carboxylic acids is 1. The lowest BCUT2D eigenvalue weighted by Crippen LogP contribution is -2.48. The van der Waals surface area contributed by atoms with Gasteiger partial charge in [0.2, 0.25) is 5.91 Å². The first-order valence-electron chi connectivity index (χ1n) is 9.35. The number of carbonyl (C=O) groups is 1. The van der Waals surface area contributed by atoms with Crippen molar-refractivity contribution >= 4 is 23.2 Å². The Bertz CT molecular complexity index is 544. The summed E-state index contributed by atoms with van der Waals surface area (Å²) >= 11 is 0. The van der Waals surface area contributed by atoms with Crippen molar-refractivity contribution in [1.29, 1.82) is 0 Å². The second-order valence-corrected chi connectivity index (χ2v) is 6.25. The van der Waals surface area contributed by atoms with Crippen LogP contribution in [0.15, 0.2) is 6.33 Å². The van der Waals surface area contributed by atoms with Gasteiger partial charge < -0.3 is 15.1 Å². The van der Waals surface area contributed by atoms with Crippen molar-refractivity contribution in [2.45, 2.75) is 65.8 Å². The summed E-state index contributed by atoms with van der Waals surface area (Å²) in [5, 5.41) is 3.36. The predicted molar refractivity (Wildman–Crippen MR) is 99.8 cm³/mol. The zero-order valence-corrected chi connectivity index (χ0v) is 15.5. The Kier molecular flexibility index (Phi) is 6.82. The largest absolute Gasteiger partial charge is 0.356 e. The van der Waals surface area contributed by atoms with Gasteiger partial charge in [-0.25, -0.2) is 9.97 Å². The minimum atomic E-state index is -0.172. The molecule has 2 heterocycles. The fraction of sp³-hybridized carbons (Fsp3) is 0.722. The molecular formula is C18H31N5O. The first-order valence-corrected chi connectivity index (χ1v) is 9.35. The van der Waals surface area contributed by atoms with Crippen LogP contribution in [0, 0.1) is 0 Å². The first kappa shape index (κ1) is 18.5. The third-order valence-electron chi connectivity index (χ3n) is 4.59. The smallest absolute Gasteiger partial charge is 0.249 e. The van der Waals surface area contributed by atoms with E-state index in [2.05, 4.69) is 47.9 Å². The molecule has 1 N–H and O–H groups in total. The lowest BCUT2D eigenvalue weighted by molar-refractivity contribution is -0.119. The van der Waals surface area contributed by atoms with Crippen LogP contribution in [0.1, 0.15) is 59.8 Å². The van der Waals surface area contributed by atoms with Gasteiger partial charge in [-0.15, -0.1) is 0 Å². The molecule has 1 aliphatic rings. The van der Waals surface area contributed by atoms with Gasteiger partial charge in [-0.2, -0.15) is 0 Å². The summed E-state index contributed by atoms with van der Waals surface area (Å²) in [5.74, 6) is 1.81. The molecule has 0 unspecified atom stereocenters. The van der Waals surface area contributed by atoms with Crippen LogP contribution >= 0.6 is 0 Å². The summed E-state index contributed by atoms with van der Waals surface area (Å²) in [6, 6.07) is -0.172. The maximum atomic E-state index is 13.0. The quantitative estimate of drug-likeness (QED) is 0.750. The maximum Gasteiger partial charge on any atom is 0.249 e. The lowest BCUT2D eigenvalue weighted by Gasteiger charge is -2.37. The number of nitrogens with zero attached hydrogens (tertiary/aromatic N) is 4. The van der Waals surface area contributed by atoms with E-state index in [1.165, 1.54) is 0 Å². The van der Waals surface area contributed by atoms with E-state index in [1.807, 2.05) is 4.90 Å². The van der Waals surface area contributed by atoms with Crippen LogP contribution in [-0.4, -0.2) is 41.6 Å². The van der Waals surface area contributed by atoms with E-state index in [0.717, 1.165) is 69.1 Å². The monoisotopic (exact) mass is 333 g/mol. The summed E-state index contributed by atoms with van der Waals surface area (Å²) in [6.07, 6.45) is 6.61. The topological polar surface area (TPSA) is 61.4 Å². The maximum absolute atomic E-state index is 13.0. The second-order valence-electron chi connectivity index (χ2n) is 6.25. The summed E-state index contributed by atoms with van der Waals surface area (Å²) in [5.41, 5.74) is 0.854. The number of rotatable bonds is 9. The Morgan fingerprint density at radius 1 is 1.12 bits per heavy atom. The highest BCUT2D eigenvalue weighted by atomic mass is 16.2. The van der Waals surface area contributed by atoms with Crippen LogP contribution in [0.25, 0.3) is 0 Å². The molecule has 134 valence electrons. The van der Waals surface area contributed by atoms with E-state index in [9.17, 15) is 4.79 Å². The number of fused-ring (bicyclic) bond motifs is 1. The summed E-state index contributed by atoms with van der Waals surface area (Å²) in [4.78, 5) is 26.1. The highest BCUT2D eigenvalue weighted by Gasteiger charge is 2.35. The van der Waals surface area contributed by atoms with Crippen molar-refractivity contribution in [3.05, 3.63) is 6.33 Å². The minimum Gasteiger partial charge on any atom is -0.356 e. The van der Waals surface area contributed by atoms with E-state index >= 15 is 0 Å². The number of amides is 1. The third-order valence-corrected chi connectivity index (χ3v) is 4.59. The van der Waals surface area contributed by atoms with E-state index in [1.54, 1.807) is 6.33 Å². The molecule has 1 atom stereocenters. The number of aromatic nitrogens is 2. The van der Waals surface area contributed by atoms with Gasteiger partial charge in [-0.1, -0.05) is 33.1 Å². The van der Waals surface area contributed by atoms with E-state index < -0.39 is 0 Å². The molecule has 1 amide bonds. The molecule has 6 heteroatoms. The number of unbranched alkanes of at least 4 members (excludes halogenated alkanes) is 2. The van der Waals surface area contributed by atoms with Crippen LogP contribution in [-0.2, 0) is 4.79 Å². The van der Waals surface area contributed by atoms with E-state index in [0.29, 0.717) is 0 Å². The predicted octanol–water partition coefficient (Wildman–Crippen LogP) is 3.44. The normalized spacial score (nSPS) is 16.8. The highest BCUT2D eigenvalue weighted by molar-refractivity contribution is 6.06. The number of hydrogen-bond acceptors (Lipinski definition) is 5. The zero-order valence-electron chi connectivity index (χ0n) is 15.5. The lowest BCUT2D eigenvalue weighted by atomic mass is 10.0. The van der Waals surface area contributed by atoms with Gasteiger partial charge in [0.25, 0.3) is 0 Å². The summed E-state index contributed by atoms with van der Waals surface area (Å²) in [6.45, 7) is 11.0. The summed E-state index contributed by atoms with van der Waals surface area (Å²) in [7, 11) is 0. The molecule has 0 saturated heterocycles. The molecular weight excluding hydrogens is 302 g/mol. The van der Waals surface area contributed by atoms with Gasteiger partial charge in [0, 0.05) is 19.6 Å². The van der Waals surface area contributed by atoms with Crippen molar-refractivity contribution in [2.24, 2.45) is 0 Å². The molecule has 0 bridgehead atoms. The molecule has 0 aliphatic carbocycles. The molecule has 1 aliphatic heterocycles. The fourth-order valence-electron chi connectivity index (χ4n) is 3.15. The highest BCUT2D eigenvalue weighted by Crippen LogP contribution is 2.38. The van der Waals surface area contributed by atoms with Crippen molar-refractivity contribution in [1.82, 2.24) is 9.97 Å². The van der Waals surface area contributed by atoms with Crippen LogP contribution in [0.4, 0.5) is 17.3 Å². The SMILES string of the molecule is CCCC[C@@H]1Nc2ncnc(N(CC)CC)c2N(CCCC)C1=O. The number of hydrogen-bond donors (Lipinski definition) is 1. The van der Waals surface area contributed by atoms with Crippen molar-refractivity contribution < 1.29 is 4.79 Å². The molecule has 0 radical (unpaired) electrons. The molecule has 2 rings (SSSR count). The van der Waals surface area contributed by atoms with Crippen LogP contribution < -0.4 is 15.1 Å². The van der Waals surface area contributed by atoms with Gasteiger partial charge in [0.1, 0.15) is 18.1 Å². The fourth-order valence-corrected chi connectivity index (χ4v) is 3.15. The Balaban J connectivity index is 2.42.